The van der Waals surface area contributed by atoms with Gasteiger partial charge in [-0.2, -0.15) is 0 Å². The van der Waals surface area contributed by atoms with Crippen molar-refractivity contribution in [3.8, 4) is 0 Å². The lowest BCUT2D eigenvalue weighted by molar-refractivity contribution is 0.265. The Hall–Kier alpha value is -1.70. The van der Waals surface area contributed by atoms with Crippen molar-refractivity contribution < 1.29 is 8.42 Å². The summed E-state index contributed by atoms with van der Waals surface area (Å²) in [5, 5.41) is 3.60. The van der Waals surface area contributed by atoms with E-state index >= 15 is 0 Å². The van der Waals surface area contributed by atoms with Crippen LogP contribution in [0.5, 0.6) is 0 Å². The molecule has 1 saturated heterocycles. The minimum absolute atomic E-state index is 0.0223. The van der Waals surface area contributed by atoms with Crippen molar-refractivity contribution in [3.05, 3.63) is 54.1 Å². The molecule has 0 bridgehead atoms. The molecule has 0 amide bonds. The van der Waals surface area contributed by atoms with Crippen LogP contribution < -0.4 is 5.32 Å². The van der Waals surface area contributed by atoms with E-state index in [1.54, 1.807) is 10.5 Å². The Kier molecular flexibility index (Phi) is 5.33. The molecule has 1 aromatic carbocycles. The number of benzene rings is 1. The molecule has 3 rings (SSSR count). The van der Waals surface area contributed by atoms with Crippen molar-refractivity contribution in [2.24, 2.45) is 5.92 Å². The van der Waals surface area contributed by atoms with Crippen molar-refractivity contribution in [1.29, 1.82) is 0 Å². The zero-order valence-electron chi connectivity index (χ0n) is 13.9. The highest BCUT2D eigenvalue weighted by atomic mass is 32.2. The van der Waals surface area contributed by atoms with E-state index in [0.29, 0.717) is 19.0 Å². The minimum Gasteiger partial charge on any atom is -0.347 e. The molecule has 1 aliphatic heterocycles. The number of piperidine rings is 1. The van der Waals surface area contributed by atoms with Gasteiger partial charge in [0.1, 0.15) is 5.82 Å². The maximum atomic E-state index is 11.6. The second-order valence-electron chi connectivity index (χ2n) is 6.33. The summed E-state index contributed by atoms with van der Waals surface area (Å²) in [4.78, 5) is 7.58. The maximum Gasteiger partial charge on any atom is 0.211 e. The number of nitrogens with one attached hydrogen (secondary N) is 2. The lowest BCUT2D eigenvalue weighted by atomic mass is 9.97. The second-order valence-corrected chi connectivity index (χ2v) is 8.31. The van der Waals surface area contributed by atoms with Crippen LogP contribution in [0.1, 0.15) is 30.3 Å². The first kappa shape index (κ1) is 17.1. The Morgan fingerprint density at radius 3 is 2.58 bits per heavy atom. The molecule has 1 aliphatic rings. The lowest BCUT2D eigenvalue weighted by Gasteiger charge is -2.31. The number of H-pyrrole nitrogens is 1. The van der Waals surface area contributed by atoms with Gasteiger partial charge in [0.15, 0.2) is 0 Å². The Morgan fingerprint density at radius 2 is 2.00 bits per heavy atom. The molecule has 0 saturated carbocycles. The monoisotopic (exact) mass is 348 g/mol. The fourth-order valence-electron chi connectivity index (χ4n) is 3.18. The predicted octanol–water partition coefficient (Wildman–Crippen LogP) is 1.76. The molecular formula is C17H24N4O2S. The molecule has 130 valence electrons. The highest BCUT2D eigenvalue weighted by Gasteiger charge is 2.26. The van der Waals surface area contributed by atoms with E-state index in [1.165, 1.54) is 11.8 Å². The smallest absolute Gasteiger partial charge is 0.211 e. The van der Waals surface area contributed by atoms with Gasteiger partial charge in [-0.25, -0.2) is 17.7 Å². The van der Waals surface area contributed by atoms with Gasteiger partial charge in [0.2, 0.25) is 10.0 Å². The van der Waals surface area contributed by atoms with E-state index in [4.69, 9.17) is 0 Å². The summed E-state index contributed by atoms with van der Waals surface area (Å²) in [6.07, 6.45) is 6.66. The Labute approximate surface area is 143 Å². The number of aromatic nitrogens is 2. The van der Waals surface area contributed by atoms with E-state index in [9.17, 15) is 8.42 Å². The van der Waals surface area contributed by atoms with E-state index in [2.05, 4.69) is 27.4 Å². The van der Waals surface area contributed by atoms with Crippen molar-refractivity contribution in [2.75, 3.05) is 25.9 Å². The number of sulfonamides is 1. The van der Waals surface area contributed by atoms with E-state index in [-0.39, 0.29) is 6.04 Å². The van der Waals surface area contributed by atoms with Crippen LogP contribution in [-0.4, -0.2) is 48.6 Å². The first-order chi connectivity index (χ1) is 11.5. The molecule has 2 N–H and O–H groups in total. The van der Waals surface area contributed by atoms with Crippen LogP contribution >= 0.6 is 0 Å². The van der Waals surface area contributed by atoms with Crippen LogP contribution in [0, 0.1) is 5.92 Å². The molecule has 1 aromatic heterocycles. The molecule has 7 heteroatoms. The molecule has 0 radical (unpaired) electrons. The zero-order valence-corrected chi connectivity index (χ0v) is 14.7. The number of imidazole rings is 1. The average molecular weight is 348 g/mol. The van der Waals surface area contributed by atoms with Crippen LogP contribution in [0.25, 0.3) is 0 Å². The fourth-order valence-corrected chi connectivity index (χ4v) is 4.06. The van der Waals surface area contributed by atoms with Gasteiger partial charge in [-0.15, -0.1) is 0 Å². The molecule has 1 atom stereocenters. The van der Waals surface area contributed by atoms with Gasteiger partial charge in [-0.1, -0.05) is 30.3 Å². The first-order valence-corrected chi connectivity index (χ1v) is 10.1. The number of nitrogens with zero attached hydrogens (tertiary/aromatic N) is 2. The SMILES string of the molecule is CS(=O)(=O)N1CCC(CNC(c2ccccc2)c2ncc[nH]2)CC1. The molecule has 0 aliphatic carbocycles. The highest BCUT2D eigenvalue weighted by Crippen LogP contribution is 2.22. The largest absolute Gasteiger partial charge is 0.347 e. The predicted molar refractivity (Wildman–Crippen MR) is 94.0 cm³/mol. The normalized spacial score (nSPS) is 18.5. The molecule has 1 unspecified atom stereocenters. The third-order valence-corrected chi connectivity index (χ3v) is 5.88. The number of rotatable bonds is 6. The van der Waals surface area contributed by atoms with Crippen LogP contribution in [-0.2, 0) is 10.0 Å². The quantitative estimate of drug-likeness (QED) is 0.834. The Bertz CT molecular complexity index is 723. The fraction of sp³-hybridized carbons (Fsp3) is 0.471. The summed E-state index contributed by atoms with van der Waals surface area (Å²) < 4.78 is 24.8. The molecular weight excluding hydrogens is 324 g/mol. The molecule has 6 nitrogen and oxygen atoms in total. The molecule has 24 heavy (non-hydrogen) atoms. The van der Waals surface area contributed by atoms with Gasteiger partial charge in [0.05, 0.1) is 12.3 Å². The van der Waals surface area contributed by atoms with Crippen molar-refractivity contribution in [3.63, 3.8) is 0 Å². The summed E-state index contributed by atoms with van der Waals surface area (Å²) in [5.74, 6) is 1.37. The van der Waals surface area contributed by atoms with Crippen LogP contribution in [0.15, 0.2) is 42.7 Å². The van der Waals surface area contributed by atoms with Gasteiger partial charge in [-0.3, -0.25) is 0 Å². The van der Waals surface area contributed by atoms with E-state index in [1.807, 2.05) is 24.4 Å². The molecule has 0 spiro atoms. The Balaban J connectivity index is 1.61. The van der Waals surface area contributed by atoms with Gasteiger partial charge < -0.3 is 10.3 Å². The average Bonchev–Trinajstić information content (AvgIpc) is 3.10. The van der Waals surface area contributed by atoms with E-state index in [0.717, 1.165) is 25.2 Å². The van der Waals surface area contributed by atoms with Crippen molar-refractivity contribution in [1.82, 2.24) is 19.6 Å². The Morgan fingerprint density at radius 1 is 1.29 bits per heavy atom. The summed E-state index contributed by atoms with van der Waals surface area (Å²) in [6, 6.07) is 10.3. The second kappa shape index (κ2) is 7.46. The van der Waals surface area contributed by atoms with Gasteiger partial charge in [0.25, 0.3) is 0 Å². The third-order valence-electron chi connectivity index (χ3n) is 4.58. The molecule has 1 fully saturated rings. The van der Waals surface area contributed by atoms with Crippen LogP contribution in [0.4, 0.5) is 0 Å². The molecule has 2 heterocycles. The molecule has 2 aromatic rings. The summed E-state index contributed by atoms with van der Waals surface area (Å²) in [5.41, 5.74) is 1.17. The number of aromatic amines is 1. The van der Waals surface area contributed by atoms with Crippen molar-refractivity contribution >= 4 is 10.0 Å². The van der Waals surface area contributed by atoms with Crippen LogP contribution in [0.3, 0.4) is 0 Å². The first-order valence-electron chi connectivity index (χ1n) is 8.27. The lowest BCUT2D eigenvalue weighted by Crippen LogP contribution is -2.40. The van der Waals surface area contributed by atoms with Gasteiger partial charge in [0, 0.05) is 25.5 Å². The zero-order chi connectivity index (χ0) is 17.0. The number of hydrogen-bond donors (Lipinski definition) is 2. The highest BCUT2D eigenvalue weighted by molar-refractivity contribution is 7.88. The maximum absolute atomic E-state index is 11.6. The van der Waals surface area contributed by atoms with Crippen molar-refractivity contribution in [2.45, 2.75) is 18.9 Å². The third kappa shape index (κ3) is 4.23. The summed E-state index contributed by atoms with van der Waals surface area (Å²) in [6.45, 7) is 2.07. The number of hydrogen-bond acceptors (Lipinski definition) is 4. The van der Waals surface area contributed by atoms with Gasteiger partial charge in [-0.05, 0) is 30.9 Å². The minimum atomic E-state index is -3.06. The van der Waals surface area contributed by atoms with Crippen LogP contribution in [0.2, 0.25) is 0 Å². The van der Waals surface area contributed by atoms with E-state index < -0.39 is 10.0 Å². The topological polar surface area (TPSA) is 78.1 Å². The summed E-state index contributed by atoms with van der Waals surface area (Å²) in [7, 11) is -3.06. The summed E-state index contributed by atoms with van der Waals surface area (Å²) >= 11 is 0. The standard InChI is InChI=1S/C17H24N4O2S/c1-24(22,23)21-11-7-14(8-12-21)13-20-16(17-18-9-10-19-17)15-5-3-2-4-6-15/h2-6,9-10,14,16,20H,7-8,11-13H2,1H3,(H,18,19). The van der Waals surface area contributed by atoms with Gasteiger partial charge >= 0.3 is 0 Å².